The minimum atomic E-state index is -1.80. The lowest BCUT2D eigenvalue weighted by Gasteiger charge is -2.30. The maximum Gasteiger partial charge on any atom is 0.250 e. The number of carbonyl (C=O) groups excluding carboxylic acids is 2. The van der Waals surface area contributed by atoms with Crippen molar-refractivity contribution in [1.82, 2.24) is 0 Å². The van der Waals surface area contributed by atoms with Crippen LogP contribution in [-0.4, -0.2) is 22.5 Å². The molecule has 0 fully saturated rings. The molecule has 0 saturated carbocycles. The van der Waals surface area contributed by atoms with Gasteiger partial charge in [-0.15, -0.1) is 0 Å². The van der Waals surface area contributed by atoms with Crippen molar-refractivity contribution >= 4 is 11.8 Å². The van der Waals surface area contributed by atoms with Gasteiger partial charge in [0.25, 0.3) is 0 Å². The van der Waals surface area contributed by atoms with Crippen LogP contribution in [0.25, 0.3) is 0 Å². The first kappa shape index (κ1) is 15.9. The van der Waals surface area contributed by atoms with E-state index < -0.39 is 23.3 Å². The molecule has 17 heavy (non-hydrogen) atoms. The van der Waals surface area contributed by atoms with E-state index in [-0.39, 0.29) is 6.42 Å². The highest BCUT2D eigenvalue weighted by molar-refractivity contribution is 5.91. The number of hydrogen-bond acceptors (Lipinski definition) is 3. The van der Waals surface area contributed by atoms with Crippen LogP contribution < -0.4 is 11.5 Å². The van der Waals surface area contributed by atoms with Gasteiger partial charge in [0, 0.05) is 0 Å². The molecule has 0 rings (SSSR count). The average Bonchev–Trinajstić information content (AvgIpc) is 2.24. The summed E-state index contributed by atoms with van der Waals surface area (Å²) in [5, 5.41) is 10.2. The van der Waals surface area contributed by atoms with E-state index in [0.717, 1.165) is 19.3 Å². The van der Waals surface area contributed by atoms with Crippen LogP contribution in [0.5, 0.6) is 0 Å². The van der Waals surface area contributed by atoms with Gasteiger partial charge in [-0.1, -0.05) is 39.5 Å². The van der Waals surface area contributed by atoms with E-state index >= 15 is 0 Å². The van der Waals surface area contributed by atoms with Crippen molar-refractivity contribution in [1.29, 1.82) is 0 Å². The number of rotatable bonds is 9. The lowest BCUT2D eigenvalue weighted by molar-refractivity contribution is -0.151. The average molecular weight is 244 g/mol. The Bertz CT molecular complexity index is 268. The van der Waals surface area contributed by atoms with Crippen molar-refractivity contribution in [2.24, 2.45) is 17.4 Å². The third kappa shape index (κ3) is 4.34. The van der Waals surface area contributed by atoms with Gasteiger partial charge in [-0.3, -0.25) is 9.59 Å². The smallest absolute Gasteiger partial charge is 0.250 e. The maximum atomic E-state index is 11.4. The fourth-order valence-corrected chi connectivity index (χ4v) is 2.06. The summed E-state index contributed by atoms with van der Waals surface area (Å²) in [5.74, 6) is -2.44. The highest BCUT2D eigenvalue weighted by Crippen LogP contribution is 2.27. The lowest BCUT2D eigenvalue weighted by atomic mass is 9.80. The van der Waals surface area contributed by atoms with Crippen LogP contribution in [-0.2, 0) is 9.59 Å². The normalized spacial score (nSPS) is 16.2. The molecule has 2 amide bonds. The summed E-state index contributed by atoms with van der Waals surface area (Å²) >= 11 is 0. The van der Waals surface area contributed by atoms with E-state index in [1.807, 2.05) is 0 Å². The summed E-state index contributed by atoms with van der Waals surface area (Å²) in [5.41, 5.74) is 8.60. The van der Waals surface area contributed by atoms with Crippen molar-refractivity contribution in [3.05, 3.63) is 0 Å². The summed E-state index contributed by atoms with van der Waals surface area (Å²) < 4.78 is 0. The summed E-state index contributed by atoms with van der Waals surface area (Å²) in [6.45, 7) is 3.77. The lowest BCUT2D eigenvalue weighted by Crippen LogP contribution is -2.54. The first-order valence-corrected chi connectivity index (χ1v) is 6.21. The van der Waals surface area contributed by atoms with Crippen molar-refractivity contribution in [2.45, 2.75) is 58.0 Å². The highest BCUT2D eigenvalue weighted by atomic mass is 16.3. The molecule has 0 heterocycles. The standard InChI is InChI=1S/C12H24N2O3/c1-3-5-6-7-8-12(17,11(14)16)9(4-2)10(13)15/h9,17H,3-8H2,1-2H3,(H2,13,15)(H2,14,16). The van der Waals surface area contributed by atoms with Gasteiger partial charge in [0.1, 0.15) is 0 Å². The number of unbranched alkanes of at least 4 members (excludes halogenated alkanes) is 3. The molecule has 0 saturated heterocycles. The minimum absolute atomic E-state index is 0.198. The molecule has 0 aliphatic heterocycles. The monoisotopic (exact) mass is 244 g/mol. The first-order chi connectivity index (χ1) is 7.90. The molecule has 5 N–H and O–H groups in total. The molecule has 100 valence electrons. The molecule has 0 spiro atoms. The second kappa shape index (κ2) is 7.27. The Hall–Kier alpha value is -1.10. The molecule has 0 radical (unpaired) electrons. The molecule has 2 atom stereocenters. The Morgan fingerprint density at radius 3 is 2.12 bits per heavy atom. The van der Waals surface area contributed by atoms with Crippen LogP contribution in [0.4, 0.5) is 0 Å². The predicted molar refractivity (Wildman–Crippen MR) is 65.9 cm³/mol. The van der Waals surface area contributed by atoms with Crippen LogP contribution >= 0.6 is 0 Å². The Kier molecular flexibility index (Phi) is 6.80. The summed E-state index contributed by atoms with van der Waals surface area (Å²) in [7, 11) is 0. The van der Waals surface area contributed by atoms with Crippen LogP contribution in [0.15, 0.2) is 0 Å². The van der Waals surface area contributed by atoms with E-state index in [0.29, 0.717) is 12.8 Å². The van der Waals surface area contributed by atoms with E-state index in [1.165, 1.54) is 0 Å². The topological polar surface area (TPSA) is 106 Å². The quantitative estimate of drug-likeness (QED) is 0.519. The molecule has 5 heteroatoms. The van der Waals surface area contributed by atoms with Crippen LogP contribution in [0.3, 0.4) is 0 Å². The number of aliphatic hydroxyl groups is 1. The van der Waals surface area contributed by atoms with Crippen LogP contribution in [0, 0.1) is 5.92 Å². The van der Waals surface area contributed by atoms with Crippen molar-refractivity contribution < 1.29 is 14.7 Å². The SMILES string of the molecule is CCCCCCC(O)(C(N)=O)C(CC)C(N)=O. The van der Waals surface area contributed by atoms with Gasteiger partial charge < -0.3 is 16.6 Å². The van der Waals surface area contributed by atoms with E-state index in [9.17, 15) is 14.7 Å². The molecule has 5 nitrogen and oxygen atoms in total. The zero-order chi connectivity index (χ0) is 13.5. The molecule has 0 aliphatic rings. The molecule has 2 unspecified atom stereocenters. The predicted octanol–water partition coefficient (Wildman–Crippen LogP) is 0.685. The van der Waals surface area contributed by atoms with Crippen LogP contribution in [0.1, 0.15) is 52.4 Å². The minimum Gasteiger partial charge on any atom is -0.379 e. The zero-order valence-electron chi connectivity index (χ0n) is 10.7. The number of hydrogen-bond donors (Lipinski definition) is 3. The van der Waals surface area contributed by atoms with E-state index in [4.69, 9.17) is 11.5 Å². The number of primary amides is 2. The van der Waals surface area contributed by atoms with Crippen LogP contribution in [0.2, 0.25) is 0 Å². The third-order valence-corrected chi connectivity index (χ3v) is 3.17. The second-order valence-electron chi connectivity index (χ2n) is 4.46. The van der Waals surface area contributed by atoms with Gasteiger partial charge >= 0.3 is 0 Å². The first-order valence-electron chi connectivity index (χ1n) is 6.21. The fraction of sp³-hybridized carbons (Fsp3) is 0.833. The Morgan fingerprint density at radius 2 is 1.76 bits per heavy atom. The maximum absolute atomic E-state index is 11.4. The number of amides is 2. The Labute approximate surface area is 103 Å². The summed E-state index contributed by atoms with van der Waals surface area (Å²) in [4.78, 5) is 22.6. The number of carbonyl (C=O) groups is 2. The largest absolute Gasteiger partial charge is 0.379 e. The van der Waals surface area contributed by atoms with Gasteiger partial charge in [-0.05, 0) is 12.8 Å². The Morgan fingerprint density at radius 1 is 1.18 bits per heavy atom. The highest BCUT2D eigenvalue weighted by Gasteiger charge is 2.43. The van der Waals surface area contributed by atoms with E-state index in [1.54, 1.807) is 6.92 Å². The molecular formula is C12H24N2O3. The van der Waals surface area contributed by atoms with Crippen molar-refractivity contribution in [3.63, 3.8) is 0 Å². The molecular weight excluding hydrogens is 220 g/mol. The molecule has 0 aromatic rings. The molecule has 0 aromatic carbocycles. The Balaban J connectivity index is 4.65. The van der Waals surface area contributed by atoms with Gasteiger partial charge in [0.05, 0.1) is 5.92 Å². The van der Waals surface area contributed by atoms with Gasteiger partial charge in [0.15, 0.2) is 5.60 Å². The summed E-state index contributed by atoms with van der Waals surface area (Å²) in [6, 6.07) is 0. The third-order valence-electron chi connectivity index (χ3n) is 3.17. The van der Waals surface area contributed by atoms with Gasteiger partial charge in [0.2, 0.25) is 11.8 Å². The molecule has 0 bridgehead atoms. The van der Waals surface area contributed by atoms with Gasteiger partial charge in [-0.25, -0.2) is 0 Å². The zero-order valence-corrected chi connectivity index (χ0v) is 10.7. The number of nitrogens with two attached hydrogens (primary N) is 2. The van der Waals surface area contributed by atoms with E-state index in [2.05, 4.69) is 6.92 Å². The van der Waals surface area contributed by atoms with Gasteiger partial charge in [-0.2, -0.15) is 0 Å². The second-order valence-corrected chi connectivity index (χ2v) is 4.46. The van der Waals surface area contributed by atoms with Crippen molar-refractivity contribution in [2.75, 3.05) is 0 Å². The fourth-order valence-electron chi connectivity index (χ4n) is 2.06. The van der Waals surface area contributed by atoms with Crippen molar-refractivity contribution in [3.8, 4) is 0 Å². The molecule has 0 aromatic heterocycles. The molecule has 0 aliphatic carbocycles. The summed E-state index contributed by atoms with van der Waals surface area (Å²) in [6.07, 6.45) is 4.16.